The summed E-state index contributed by atoms with van der Waals surface area (Å²) in [4.78, 5) is 12.2. The zero-order valence-electron chi connectivity index (χ0n) is 11.6. The van der Waals surface area contributed by atoms with Gasteiger partial charge in [-0.2, -0.15) is 0 Å². The topological polar surface area (TPSA) is 80.3 Å². The number of aliphatic hydroxyl groups is 1. The molecule has 2 rings (SSSR count). The Kier molecular flexibility index (Phi) is 3.85. The van der Waals surface area contributed by atoms with Crippen molar-refractivity contribution in [1.29, 1.82) is 0 Å². The van der Waals surface area contributed by atoms with Gasteiger partial charge < -0.3 is 20.7 Å². The van der Waals surface area contributed by atoms with Crippen molar-refractivity contribution in [2.45, 2.75) is 51.2 Å². The monoisotopic (exact) mass is 265 g/mol. The molecule has 0 atom stereocenters. The van der Waals surface area contributed by atoms with E-state index >= 15 is 0 Å². The van der Waals surface area contributed by atoms with Gasteiger partial charge in [0.05, 0.1) is 11.3 Å². The number of nitrogens with zero attached hydrogens (tertiary/aromatic N) is 1. The van der Waals surface area contributed by atoms with E-state index in [4.69, 9.17) is 5.73 Å². The zero-order chi connectivity index (χ0) is 14.0. The Labute approximate surface area is 113 Å². The van der Waals surface area contributed by atoms with Gasteiger partial charge in [0.25, 0.3) is 5.91 Å². The van der Waals surface area contributed by atoms with E-state index < -0.39 is 5.60 Å². The summed E-state index contributed by atoms with van der Waals surface area (Å²) >= 11 is 0. The van der Waals surface area contributed by atoms with E-state index in [0.29, 0.717) is 30.3 Å². The number of hydrogen-bond donors (Lipinski definition) is 3. The molecular formula is C14H23N3O2. The highest BCUT2D eigenvalue weighted by molar-refractivity contribution is 5.94. The number of carbonyl (C=O) groups excluding carboxylic acids is 1. The third kappa shape index (κ3) is 3.10. The SMILES string of the molecule is CCC(O)(CC)CNC(=O)c1cc(N)cn1C1CC1. The van der Waals surface area contributed by atoms with Crippen LogP contribution in [0.4, 0.5) is 5.69 Å². The van der Waals surface area contributed by atoms with E-state index in [-0.39, 0.29) is 12.5 Å². The Morgan fingerprint density at radius 2 is 2.16 bits per heavy atom. The fourth-order valence-electron chi connectivity index (χ4n) is 2.17. The third-order valence-corrected chi connectivity index (χ3v) is 3.94. The molecule has 0 aliphatic heterocycles. The molecule has 1 heterocycles. The molecule has 1 saturated carbocycles. The molecule has 0 saturated heterocycles. The maximum absolute atomic E-state index is 12.2. The molecular weight excluding hydrogens is 242 g/mol. The predicted molar refractivity (Wildman–Crippen MR) is 75.0 cm³/mol. The molecule has 0 spiro atoms. The van der Waals surface area contributed by atoms with Crippen LogP contribution in [0, 0.1) is 0 Å². The molecule has 0 aromatic carbocycles. The highest BCUT2D eigenvalue weighted by atomic mass is 16.3. The second-order valence-electron chi connectivity index (χ2n) is 5.41. The summed E-state index contributed by atoms with van der Waals surface area (Å²) in [5, 5.41) is 13.0. The van der Waals surface area contributed by atoms with E-state index in [9.17, 15) is 9.90 Å². The predicted octanol–water partition coefficient (Wildman–Crippen LogP) is 1.69. The smallest absolute Gasteiger partial charge is 0.268 e. The van der Waals surface area contributed by atoms with Crippen LogP contribution < -0.4 is 11.1 Å². The maximum Gasteiger partial charge on any atom is 0.268 e. The Bertz CT molecular complexity index is 459. The molecule has 4 N–H and O–H groups in total. The Morgan fingerprint density at radius 3 is 2.68 bits per heavy atom. The average Bonchev–Trinajstić information content (AvgIpc) is 3.18. The normalized spacial score (nSPS) is 15.5. The Hall–Kier alpha value is -1.49. The molecule has 19 heavy (non-hydrogen) atoms. The maximum atomic E-state index is 12.2. The van der Waals surface area contributed by atoms with E-state index in [1.807, 2.05) is 24.6 Å². The lowest BCUT2D eigenvalue weighted by Gasteiger charge is -2.25. The Morgan fingerprint density at radius 1 is 1.53 bits per heavy atom. The molecule has 5 nitrogen and oxygen atoms in total. The minimum Gasteiger partial charge on any atom is -0.397 e. The molecule has 1 aliphatic rings. The highest BCUT2D eigenvalue weighted by Gasteiger charge is 2.29. The van der Waals surface area contributed by atoms with Gasteiger partial charge >= 0.3 is 0 Å². The number of hydrogen-bond acceptors (Lipinski definition) is 3. The number of aromatic nitrogens is 1. The number of rotatable bonds is 6. The summed E-state index contributed by atoms with van der Waals surface area (Å²) in [5.41, 5.74) is 6.15. The van der Waals surface area contributed by atoms with Gasteiger partial charge in [0.2, 0.25) is 0 Å². The van der Waals surface area contributed by atoms with Crippen LogP contribution in [-0.2, 0) is 0 Å². The first-order valence-corrected chi connectivity index (χ1v) is 6.97. The summed E-state index contributed by atoms with van der Waals surface area (Å²) in [7, 11) is 0. The van der Waals surface area contributed by atoms with Crippen LogP contribution in [0.1, 0.15) is 56.1 Å². The van der Waals surface area contributed by atoms with Gasteiger partial charge in [0.15, 0.2) is 0 Å². The summed E-state index contributed by atoms with van der Waals surface area (Å²) in [6, 6.07) is 2.11. The molecule has 0 radical (unpaired) electrons. The number of nitrogen functional groups attached to an aromatic ring is 1. The zero-order valence-corrected chi connectivity index (χ0v) is 11.6. The van der Waals surface area contributed by atoms with E-state index in [2.05, 4.69) is 5.32 Å². The summed E-state index contributed by atoms with van der Waals surface area (Å²) in [6.07, 6.45) is 5.26. The second kappa shape index (κ2) is 5.25. The quantitative estimate of drug-likeness (QED) is 0.732. The molecule has 1 aromatic heterocycles. The van der Waals surface area contributed by atoms with Crippen molar-refractivity contribution < 1.29 is 9.90 Å². The number of carbonyl (C=O) groups is 1. The molecule has 0 unspecified atom stereocenters. The van der Waals surface area contributed by atoms with E-state index in [1.165, 1.54) is 0 Å². The molecule has 1 aromatic rings. The van der Waals surface area contributed by atoms with Gasteiger partial charge in [-0.25, -0.2) is 0 Å². The first kappa shape index (κ1) is 13.9. The molecule has 106 valence electrons. The van der Waals surface area contributed by atoms with Crippen molar-refractivity contribution >= 4 is 11.6 Å². The lowest BCUT2D eigenvalue weighted by Crippen LogP contribution is -2.42. The molecule has 1 amide bonds. The lowest BCUT2D eigenvalue weighted by atomic mass is 9.97. The van der Waals surface area contributed by atoms with Crippen LogP contribution in [-0.4, -0.2) is 27.7 Å². The van der Waals surface area contributed by atoms with Crippen molar-refractivity contribution in [3.63, 3.8) is 0 Å². The number of nitrogens with two attached hydrogens (primary N) is 1. The van der Waals surface area contributed by atoms with Crippen molar-refractivity contribution in [2.24, 2.45) is 0 Å². The Balaban J connectivity index is 2.04. The van der Waals surface area contributed by atoms with Crippen molar-refractivity contribution in [2.75, 3.05) is 12.3 Å². The van der Waals surface area contributed by atoms with Crippen LogP contribution in [0.5, 0.6) is 0 Å². The van der Waals surface area contributed by atoms with Gasteiger partial charge in [-0.15, -0.1) is 0 Å². The summed E-state index contributed by atoms with van der Waals surface area (Å²) < 4.78 is 1.95. The van der Waals surface area contributed by atoms with Crippen molar-refractivity contribution in [3.05, 3.63) is 18.0 Å². The third-order valence-electron chi connectivity index (χ3n) is 3.94. The molecule has 5 heteroatoms. The van der Waals surface area contributed by atoms with Crippen LogP contribution in [0.3, 0.4) is 0 Å². The molecule has 1 aliphatic carbocycles. The summed E-state index contributed by atoms with van der Waals surface area (Å²) in [6.45, 7) is 4.11. The standard InChI is InChI=1S/C14H23N3O2/c1-3-14(19,4-2)9-16-13(18)12-7-10(15)8-17(12)11-5-6-11/h7-8,11,19H,3-6,9,15H2,1-2H3,(H,16,18). The first-order valence-electron chi connectivity index (χ1n) is 6.97. The van der Waals surface area contributed by atoms with Crippen molar-refractivity contribution in [1.82, 2.24) is 9.88 Å². The van der Waals surface area contributed by atoms with E-state index in [1.54, 1.807) is 6.07 Å². The van der Waals surface area contributed by atoms with Gasteiger partial charge in [-0.3, -0.25) is 4.79 Å². The van der Waals surface area contributed by atoms with Crippen LogP contribution in [0.15, 0.2) is 12.3 Å². The van der Waals surface area contributed by atoms with Gasteiger partial charge in [0, 0.05) is 18.8 Å². The largest absolute Gasteiger partial charge is 0.397 e. The minimum atomic E-state index is -0.821. The lowest BCUT2D eigenvalue weighted by molar-refractivity contribution is 0.0312. The highest BCUT2D eigenvalue weighted by Crippen LogP contribution is 2.37. The van der Waals surface area contributed by atoms with Crippen LogP contribution in [0.25, 0.3) is 0 Å². The van der Waals surface area contributed by atoms with Gasteiger partial charge in [0.1, 0.15) is 5.69 Å². The fraction of sp³-hybridized carbons (Fsp3) is 0.643. The van der Waals surface area contributed by atoms with Gasteiger partial charge in [-0.05, 0) is 31.7 Å². The molecule has 0 bridgehead atoms. The van der Waals surface area contributed by atoms with Crippen molar-refractivity contribution in [3.8, 4) is 0 Å². The number of anilines is 1. The van der Waals surface area contributed by atoms with Crippen LogP contribution >= 0.6 is 0 Å². The minimum absolute atomic E-state index is 0.163. The van der Waals surface area contributed by atoms with Gasteiger partial charge in [-0.1, -0.05) is 13.8 Å². The average molecular weight is 265 g/mol. The van der Waals surface area contributed by atoms with Crippen LogP contribution in [0.2, 0.25) is 0 Å². The first-order chi connectivity index (χ1) is 8.99. The fourth-order valence-corrected chi connectivity index (χ4v) is 2.17. The summed E-state index contributed by atoms with van der Waals surface area (Å²) in [5.74, 6) is -0.163. The number of nitrogens with one attached hydrogen (secondary N) is 1. The van der Waals surface area contributed by atoms with E-state index in [0.717, 1.165) is 12.8 Å². The number of amides is 1. The molecule has 1 fully saturated rings. The second-order valence-corrected chi connectivity index (χ2v) is 5.41.